The summed E-state index contributed by atoms with van der Waals surface area (Å²) in [5.74, 6) is -1.98. The van der Waals surface area contributed by atoms with E-state index in [9.17, 15) is 8.78 Å². The maximum atomic E-state index is 13.4. The van der Waals surface area contributed by atoms with Gasteiger partial charge in [-0.05, 0) is 11.8 Å². The number of hydrogen-bond donors (Lipinski definition) is 1. The summed E-state index contributed by atoms with van der Waals surface area (Å²) in [6, 6.07) is 0.707. The van der Waals surface area contributed by atoms with Gasteiger partial charge in [0.25, 0.3) is 0 Å². The first-order chi connectivity index (χ1) is 8.47. The van der Waals surface area contributed by atoms with Crippen LogP contribution in [-0.4, -0.2) is 29.3 Å². The highest BCUT2D eigenvalue weighted by atomic mass is 32.2. The Morgan fingerprint density at radius 2 is 2.00 bits per heavy atom. The van der Waals surface area contributed by atoms with Crippen molar-refractivity contribution in [3.05, 3.63) is 17.7 Å². The topological polar surface area (TPSA) is 67.9 Å². The zero-order valence-electron chi connectivity index (χ0n) is 9.52. The van der Waals surface area contributed by atoms with Crippen LogP contribution < -0.4 is 10.6 Å². The van der Waals surface area contributed by atoms with Crippen LogP contribution >= 0.6 is 23.1 Å². The van der Waals surface area contributed by atoms with Gasteiger partial charge in [0.2, 0.25) is 5.13 Å². The van der Waals surface area contributed by atoms with Crippen molar-refractivity contribution in [3.63, 3.8) is 0 Å². The van der Waals surface area contributed by atoms with Crippen molar-refractivity contribution in [3.8, 4) is 0 Å². The summed E-state index contributed by atoms with van der Waals surface area (Å²) < 4.78 is 26.9. The van der Waals surface area contributed by atoms with E-state index >= 15 is 0 Å². The fourth-order valence-corrected chi connectivity index (χ4v) is 2.72. The van der Waals surface area contributed by atoms with Crippen LogP contribution in [0, 0.1) is 11.6 Å². The first kappa shape index (κ1) is 13.0. The van der Waals surface area contributed by atoms with E-state index in [1.165, 1.54) is 11.3 Å². The molecule has 0 aliphatic rings. The van der Waals surface area contributed by atoms with E-state index in [-0.39, 0.29) is 10.8 Å². The molecule has 0 saturated carbocycles. The van der Waals surface area contributed by atoms with E-state index in [1.807, 2.05) is 14.1 Å². The third kappa shape index (κ3) is 2.67. The summed E-state index contributed by atoms with van der Waals surface area (Å²) in [6.07, 6.45) is 0. The molecule has 0 saturated heterocycles. The van der Waals surface area contributed by atoms with Crippen LogP contribution in [0.15, 0.2) is 15.4 Å². The van der Waals surface area contributed by atoms with Gasteiger partial charge in [-0.2, -0.15) is 0 Å². The second kappa shape index (κ2) is 5.02. The molecule has 5 nitrogen and oxygen atoms in total. The number of aromatic nitrogens is 3. The molecule has 0 aliphatic carbocycles. The van der Waals surface area contributed by atoms with Crippen molar-refractivity contribution in [2.24, 2.45) is 0 Å². The lowest BCUT2D eigenvalue weighted by molar-refractivity contribution is 0.552. The molecule has 2 rings (SSSR count). The normalized spacial score (nSPS) is 10.7. The Labute approximate surface area is 110 Å². The van der Waals surface area contributed by atoms with Crippen LogP contribution in [0.5, 0.6) is 0 Å². The maximum Gasteiger partial charge on any atom is 0.208 e. The third-order valence-electron chi connectivity index (χ3n) is 1.89. The molecule has 2 N–H and O–H groups in total. The zero-order chi connectivity index (χ0) is 13.3. The molecule has 0 aliphatic heterocycles. The monoisotopic (exact) mass is 289 g/mol. The quantitative estimate of drug-likeness (QED) is 0.932. The summed E-state index contributed by atoms with van der Waals surface area (Å²) >= 11 is 2.24. The Morgan fingerprint density at radius 3 is 2.61 bits per heavy atom. The first-order valence-electron chi connectivity index (χ1n) is 4.77. The first-order valence-corrected chi connectivity index (χ1v) is 6.41. The summed E-state index contributed by atoms with van der Waals surface area (Å²) in [4.78, 5) is 5.42. The highest BCUT2D eigenvalue weighted by Gasteiger charge is 2.14. The maximum absolute atomic E-state index is 13.4. The molecule has 0 spiro atoms. The molecule has 0 fully saturated rings. The van der Waals surface area contributed by atoms with Gasteiger partial charge in [0.15, 0.2) is 21.8 Å². The van der Waals surface area contributed by atoms with Crippen LogP contribution in [0.3, 0.4) is 0 Å². The van der Waals surface area contributed by atoms with Crippen LogP contribution in [0.4, 0.5) is 19.7 Å². The highest BCUT2D eigenvalue weighted by Crippen LogP contribution is 2.33. The van der Waals surface area contributed by atoms with Crippen LogP contribution in [-0.2, 0) is 0 Å². The number of nitrogens with zero attached hydrogens (tertiary/aromatic N) is 4. The predicted octanol–water partition coefficient (Wildman–Crippen LogP) is 2.01. The Balaban J connectivity index is 2.25. The molecule has 0 bridgehead atoms. The van der Waals surface area contributed by atoms with Gasteiger partial charge in [-0.15, -0.1) is 10.2 Å². The fraction of sp³-hybridized carbons (Fsp3) is 0.222. The number of pyridine rings is 1. The second-order valence-corrected chi connectivity index (χ2v) is 5.68. The Morgan fingerprint density at radius 1 is 1.28 bits per heavy atom. The van der Waals surface area contributed by atoms with E-state index in [4.69, 9.17) is 5.73 Å². The lowest BCUT2D eigenvalue weighted by Gasteiger charge is -2.04. The minimum absolute atomic E-state index is 0.0182. The van der Waals surface area contributed by atoms with Gasteiger partial charge in [0.05, 0.1) is 0 Å². The highest BCUT2D eigenvalue weighted by molar-refractivity contribution is 8.01. The van der Waals surface area contributed by atoms with Gasteiger partial charge in [0.1, 0.15) is 5.03 Å². The number of hydrogen-bond acceptors (Lipinski definition) is 7. The van der Waals surface area contributed by atoms with Crippen molar-refractivity contribution in [1.82, 2.24) is 15.2 Å². The summed E-state index contributed by atoms with van der Waals surface area (Å²) in [5, 5.41) is 8.44. The standard InChI is InChI=1S/C9H9F2N5S2/c1-16(2)8-14-15-9(18-8)17-7-5(11)3-4(10)6(12)13-7/h3H,1-2H3,(H2,12,13). The molecular weight excluding hydrogens is 280 g/mol. The van der Waals surface area contributed by atoms with Crippen molar-refractivity contribution >= 4 is 34.0 Å². The van der Waals surface area contributed by atoms with E-state index in [0.717, 1.165) is 11.8 Å². The summed E-state index contributed by atoms with van der Waals surface area (Å²) in [7, 11) is 3.65. The molecule has 0 atom stereocenters. The lowest BCUT2D eigenvalue weighted by Crippen LogP contribution is -2.07. The van der Waals surface area contributed by atoms with E-state index in [0.29, 0.717) is 15.5 Å². The molecule has 2 aromatic heterocycles. The van der Waals surface area contributed by atoms with E-state index < -0.39 is 11.6 Å². The molecular formula is C9H9F2N5S2. The van der Waals surface area contributed by atoms with E-state index in [1.54, 1.807) is 4.90 Å². The third-order valence-corrected chi connectivity index (χ3v) is 4.01. The average Bonchev–Trinajstić information content (AvgIpc) is 2.74. The predicted molar refractivity (Wildman–Crippen MR) is 66.9 cm³/mol. The Bertz CT molecular complexity index is 572. The number of nitrogens with two attached hydrogens (primary N) is 1. The molecule has 0 radical (unpaired) electrons. The largest absolute Gasteiger partial charge is 0.381 e. The van der Waals surface area contributed by atoms with Gasteiger partial charge in [-0.3, -0.25) is 0 Å². The minimum Gasteiger partial charge on any atom is -0.381 e. The Kier molecular flexibility index (Phi) is 3.62. The van der Waals surface area contributed by atoms with Gasteiger partial charge >= 0.3 is 0 Å². The molecule has 0 amide bonds. The zero-order valence-corrected chi connectivity index (χ0v) is 11.1. The summed E-state index contributed by atoms with van der Waals surface area (Å²) in [6.45, 7) is 0. The van der Waals surface area contributed by atoms with Crippen molar-refractivity contribution in [2.75, 3.05) is 24.7 Å². The smallest absolute Gasteiger partial charge is 0.208 e. The minimum atomic E-state index is -0.872. The number of rotatable bonds is 3. The average molecular weight is 289 g/mol. The van der Waals surface area contributed by atoms with Gasteiger partial charge < -0.3 is 10.6 Å². The van der Waals surface area contributed by atoms with Gasteiger partial charge in [0, 0.05) is 20.2 Å². The number of nitrogen functional groups attached to an aromatic ring is 1. The molecule has 96 valence electrons. The van der Waals surface area contributed by atoms with Crippen LogP contribution in [0.2, 0.25) is 0 Å². The lowest BCUT2D eigenvalue weighted by atomic mass is 10.4. The molecule has 0 aromatic carbocycles. The molecule has 2 heterocycles. The fourth-order valence-electron chi connectivity index (χ4n) is 1.04. The molecule has 18 heavy (non-hydrogen) atoms. The van der Waals surface area contributed by atoms with Crippen molar-refractivity contribution in [2.45, 2.75) is 9.37 Å². The molecule has 0 unspecified atom stereocenters. The van der Waals surface area contributed by atoms with Crippen molar-refractivity contribution in [1.29, 1.82) is 0 Å². The number of halogens is 2. The Hall–Kier alpha value is -1.48. The van der Waals surface area contributed by atoms with E-state index in [2.05, 4.69) is 15.2 Å². The van der Waals surface area contributed by atoms with Crippen LogP contribution in [0.1, 0.15) is 0 Å². The second-order valence-electron chi connectivity index (χ2n) is 3.49. The summed E-state index contributed by atoms with van der Waals surface area (Å²) in [5.41, 5.74) is 5.29. The SMILES string of the molecule is CN(C)c1nnc(Sc2nc(N)c(F)cc2F)s1. The molecule has 9 heteroatoms. The van der Waals surface area contributed by atoms with Gasteiger partial charge in [-0.1, -0.05) is 11.3 Å². The number of anilines is 2. The van der Waals surface area contributed by atoms with Crippen molar-refractivity contribution < 1.29 is 8.78 Å². The van der Waals surface area contributed by atoms with Crippen LogP contribution in [0.25, 0.3) is 0 Å². The van der Waals surface area contributed by atoms with Gasteiger partial charge in [-0.25, -0.2) is 13.8 Å². The molecule has 2 aromatic rings.